The quantitative estimate of drug-likeness (QED) is 0.548. The van der Waals surface area contributed by atoms with Crippen molar-refractivity contribution in [1.82, 2.24) is 10.6 Å². The fourth-order valence-corrected chi connectivity index (χ4v) is 2.50. The van der Waals surface area contributed by atoms with Gasteiger partial charge in [0.15, 0.2) is 0 Å². The van der Waals surface area contributed by atoms with Gasteiger partial charge in [-0.1, -0.05) is 18.2 Å². The van der Waals surface area contributed by atoms with E-state index in [9.17, 15) is 0 Å². The molecule has 1 aromatic rings. The summed E-state index contributed by atoms with van der Waals surface area (Å²) < 4.78 is 0. The predicted octanol–water partition coefficient (Wildman–Crippen LogP) is 2.64. The van der Waals surface area contributed by atoms with E-state index in [2.05, 4.69) is 41.2 Å². The first-order chi connectivity index (χ1) is 8.40. The van der Waals surface area contributed by atoms with Crippen LogP contribution >= 0.6 is 11.8 Å². The van der Waals surface area contributed by atoms with Crippen molar-refractivity contribution in [2.24, 2.45) is 0 Å². The Hall–Kier alpha value is -0.510. The Balaban J connectivity index is 1.59. The van der Waals surface area contributed by atoms with Crippen LogP contribution in [0.3, 0.4) is 0 Å². The van der Waals surface area contributed by atoms with Gasteiger partial charge in [-0.05, 0) is 50.2 Å². The van der Waals surface area contributed by atoms with Crippen LogP contribution in [-0.2, 0) is 6.54 Å². The van der Waals surface area contributed by atoms with Gasteiger partial charge in [0, 0.05) is 17.5 Å². The van der Waals surface area contributed by atoms with E-state index in [4.69, 9.17) is 0 Å². The van der Waals surface area contributed by atoms with Gasteiger partial charge in [0.1, 0.15) is 0 Å². The third kappa shape index (κ3) is 4.70. The number of thioether (sulfide) groups is 1. The molecule has 3 heteroatoms. The van der Waals surface area contributed by atoms with Crippen molar-refractivity contribution >= 4 is 11.8 Å². The largest absolute Gasteiger partial charge is 0.314 e. The molecule has 0 unspecified atom stereocenters. The Morgan fingerprint density at radius 2 is 2.06 bits per heavy atom. The summed E-state index contributed by atoms with van der Waals surface area (Å²) >= 11 is 1.82. The van der Waals surface area contributed by atoms with Crippen molar-refractivity contribution < 1.29 is 0 Å². The second-order valence-electron chi connectivity index (χ2n) is 4.57. The molecule has 0 aliphatic heterocycles. The zero-order chi connectivity index (χ0) is 11.9. The molecular formula is C14H22N2S. The Kier molecular flexibility index (Phi) is 5.36. The third-order valence-electron chi connectivity index (χ3n) is 3.05. The number of hydrogen-bond acceptors (Lipinski definition) is 3. The molecule has 0 radical (unpaired) electrons. The Morgan fingerprint density at radius 1 is 1.24 bits per heavy atom. The molecule has 0 amide bonds. The summed E-state index contributed by atoms with van der Waals surface area (Å²) in [6.45, 7) is 3.24. The van der Waals surface area contributed by atoms with Crippen molar-refractivity contribution in [1.29, 1.82) is 0 Å². The topological polar surface area (TPSA) is 24.1 Å². The van der Waals surface area contributed by atoms with Crippen molar-refractivity contribution in [2.75, 3.05) is 19.3 Å². The van der Waals surface area contributed by atoms with Gasteiger partial charge in [0.05, 0.1) is 0 Å². The van der Waals surface area contributed by atoms with Crippen LogP contribution in [0.1, 0.15) is 24.8 Å². The molecule has 0 saturated heterocycles. The fourth-order valence-electron chi connectivity index (χ4n) is 1.88. The van der Waals surface area contributed by atoms with Gasteiger partial charge in [-0.25, -0.2) is 0 Å². The zero-order valence-electron chi connectivity index (χ0n) is 10.5. The predicted molar refractivity (Wildman–Crippen MR) is 75.6 cm³/mol. The number of benzene rings is 1. The van der Waals surface area contributed by atoms with Crippen molar-refractivity contribution in [3.05, 3.63) is 29.8 Å². The first-order valence-electron chi connectivity index (χ1n) is 6.46. The van der Waals surface area contributed by atoms with E-state index in [1.54, 1.807) is 0 Å². The second kappa shape index (κ2) is 7.04. The normalized spacial score (nSPS) is 15.1. The fraction of sp³-hybridized carbons (Fsp3) is 0.571. The van der Waals surface area contributed by atoms with Gasteiger partial charge >= 0.3 is 0 Å². The van der Waals surface area contributed by atoms with E-state index in [0.717, 1.165) is 25.7 Å². The van der Waals surface area contributed by atoms with E-state index in [1.165, 1.54) is 29.7 Å². The molecule has 1 aromatic carbocycles. The highest BCUT2D eigenvalue weighted by atomic mass is 32.2. The highest BCUT2D eigenvalue weighted by Crippen LogP contribution is 2.19. The number of hydrogen-bond donors (Lipinski definition) is 2. The molecule has 1 aliphatic rings. The summed E-state index contributed by atoms with van der Waals surface area (Å²) in [6.07, 6.45) is 6.12. The maximum absolute atomic E-state index is 3.53. The van der Waals surface area contributed by atoms with E-state index in [0.29, 0.717) is 0 Å². The molecule has 0 spiro atoms. The van der Waals surface area contributed by atoms with Crippen LogP contribution in [0.5, 0.6) is 0 Å². The van der Waals surface area contributed by atoms with Crippen molar-refractivity contribution in [3.63, 3.8) is 0 Å². The molecule has 1 fully saturated rings. The molecule has 17 heavy (non-hydrogen) atoms. The van der Waals surface area contributed by atoms with Crippen LogP contribution in [0.25, 0.3) is 0 Å². The lowest BCUT2D eigenvalue weighted by Crippen LogP contribution is -2.23. The summed E-state index contributed by atoms with van der Waals surface area (Å²) in [5, 5.41) is 7.05. The van der Waals surface area contributed by atoms with Crippen LogP contribution in [0.2, 0.25) is 0 Å². The monoisotopic (exact) mass is 250 g/mol. The molecule has 1 saturated carbocycles. The van der Waals surface area contributed by atoms with Gasteiger partial charge in [0.2, 0.25) is 0 Å². The molecule has 94 valence electrons. The first kappa shape index (κ1) is 12.9. The minimum absolute atomic E-state index is 0.840. The summed E-state index contributed by atoms with van der Waals surface area (Å²) in [7, 11) is 0. The summed E-state index contributed by atoms with van der Waals surface area (Å²) in [4.78, 5) is 1.39. The standard InChI is InChI=1S/C14H22N2S/c1-17-14-6-3-2-5-12(14)11-15-9-4-10-16-13-7-8-13/h2-3,5-6,13,15-16H,4,7-11H2,1H3. The molecule has 1 aliphatic carbocycles. The molecule has 2 N–H and O–H groups in total. The van der Waals surface area contributed by atoms with Gasteiger partial charge in [-0.15, -0.1) is 11.8 Å². The SMILES string of the molecule is CSc1ccccc1CNCCCNC1CC1. The van der Waals surface area contributed by atoms with Gasteiger partial charge in [-0.2, -0.15) is 0 Å². The minimum atomic E-state index is 0.840. The van der Waals surface area contributed by atoms with Gasteiger partial charge in [0.25, 0.3) is 0 Å². The van der Waals surface area contributed by atoms with Gasteiger partial charge in [-0.3, -0.25) is 0 Å². The van der Waals surface area contributed by atoms with Crippen LogP contribution in [0, 0.1) is 0 Å². The van der Waals surface area contributed by atoms with E-state index >= 15 is 0 Å². The highest BCUT2D eigenvalue weighted by molar-refractivity contribution is 7.98. The average molecular weight is 250 g/mol. The van der Waals surface area contributed by atoms with Crippen molar-refractivity contribution in [2.45, 2.75) is 36.7 Å². The summed E-state index contributed by atoms with van der Waals surface area (Å²) in [5.74, 6) is 0. The Labute approximate surface area is 109 Å². The first-order valence-corrected chi connectivity index (χ1v) is 7.68. The highest BCUT2D eigenvalue weighted by Gasteiger charge is 2.19. The molecule has 0 aromatic heterocycles. The van der Waals surface area contributed by atoms with Crippen molar-refractivity contribution in [3.8, 4) is 0 Å². The molecule has 0 atom stereocenters. The third-order valence-corrected chi connectivity index (χ3v) is 3.89. The lowest BCUT2D eigenvalue weighted by Gasteiger charge is -2.09. The lowest BCUT2D eigenvalue weighted by molar-refractivity contribution is 0.591. The molecule has 2 rings (SSSR count). The maximum Gasteiger partial charge on any atom is 0.0216 e. The average Bonchev–Trinajstić information content (AvgIpc) is 3.18. The van der Waals surface area contributed by atoms with E-state index < -0.39 is 0 Å². The minimum Gasteiger partial charge on any atom is -0.314 e. The van der Waals surface area contributed by atoms with Crippen LogP contribution < -0.4 is 10.6 Å². The van der Waals surface area contributed by atoms with E-state index in [1.807, 2.05) is 11.8 Å². The summed E-state index contributed by atoms with van der Waals surface area (Å²) in [6, 6.07) is 9.46. The second-order valence-corrected chi connectivity index (χ2v) is 5.42. The lowest BCUT2D eigenvalue weighted by atomic mass is 10.2. The number of nitrogens with one attached hydrogen (secondary N) is 2. The zero-order valence-corrected chi connectivity index (χ0v) is 11.4. The Bertz CT molecular complexity index is 337. The molecule has 0 bridgehead atoms. The number of rotatable bonds is 8. The van der Waals surface area contributed by atoms with Crippen LogP contribution in [0.4, 0.5) is 0 Å². The molecule has 0 heterocycles. The molecular weight excluding hydrogens is 228 g/mol. The van der Waals surface area contributed by atoms with Crippen LogP contribution in [-0.4, -0.2) is 25.4 Å². The maximum atomic E-state index is 3.53. The Morgan fingerprint density at radius 3 is 2.82 bits per heavy atom. The van der Waals surface area contributed by atoms with Crippen LogP contribution in [0.15, 0.2) is 29.2 Å². The van der Waals surface area contributed by atoms with E-state index in [-0.39, 0.29) is 0 Å². The molecule has 2 nitrogen and oxygen atoms in total. The smallest absolute Gasteiger partial charge is 0.0216 e. The summed E-state index contributed by atoms with van der Waals surface area (Å²) in [5.41, 5.74) is 1.41. The van der Waals surface area contributed by atoms with Gasteiger partial charge < -0.3 is 10.6 Å².